The summed E-state index contributed by atoms with van der Waals surface area (Å²) in [5.74, 6) is 2.63. The number of carbonyl (C=O) groups excluding carboxylic acids is 1. The summed E-state index contributed by atoms with van der Waals surface area (Å²) in [6.07, 6.45) is 3.70. The first-order valence-electron chi connectivity index (χ1n) is 13.5. The molecule has 0 radical (unpaired) electrons. The lowest BCUT2D eigenvalue weighted by molar-refractivity contribution is 0.114. The summed E-state index contributed by atoms with van der Waals surface area (Å²) in [6, 6.07) is 14.8. The monoisotopic (exact) mass is 506 g/mol. The Morgan fingerprint density at radius 3 is 2.19 bits per heavy atom. The van der Waals surface area contributed by atoms with Crippen molar-refractivity contribution in [3.8, 4) is 11.5 Å². The van der Waals surface area contributed by atoms with Crippen LogP contribution >= 0.6 is 0 Å². The zero-order chi connectivity index (χ0) is 26.5. The number of methoxy groups -OCH3 is 2. The molecule has 0 spiro atoms. The fourth-order valence-electron chi connectivity index (χ4n) is 5.77. The van der Waals surface area contributed by atoms with E-state index in [0.717, 1.165) is 56.4 Å². The van der Waals surface area contributed by atoms with Gasteiger partial charge in [0.2, 0.25) is 0 Å². The van der Waals surface area contributed by atoms with E-state index in [-0.39, 0.29) is 18.2 Å². The van der Waals surface area contributed by atoms with E-state index in [9.17, 15) is 4.79 Å². The number of rotatable bonds is 9. The van der Waals surface area contributed by atoms with Crippen molar-refractivity contribution in [3.05, 3.63) is 64.7 Å². The van der Waals surface area contributed by atoms with Crippen LogP contribution < -0.4 is 9.47 Å². The number of fused-ring (bicyclic) bond motifs is 1. The van der Waals surface area contributed by atoms with Crippen molar-refractivity contribution >= 4 is 11.9 Å². The van der Waals surface area contributed by atoms with Crippen LogP contribution in [0.25, 0.3) is 5.76 Å². The number of benzene rings is 2. The van der Waals surface area contributed by atoms with Gasteiger partial charge in [0, 0.05) is 24.2 Å². The number of nitrogens with zero attached hydrogens (tertiary/aromatic N) is 2. The van der Waals surface area contributed by atoms with Crippen LogP contribution in [0.15, 0.2) is 48.0 Å². The van der Waals surface area contributed by atoms with Gasteiger partial charge in [0.05, 0.1) is 14.2 Å². The lowest BCUT2D eigenvalue weighted by atomic mass is 9.89. The number of piperidine rings is 1. The van der Waals surface area contributed by atoms with E-state index in [1.807, 2.05) is 39.8 Å². The molecule has 0 N–H and O–H groups in total. The second-order valence-corrected chi connectivity index (χ2v) is 10.8. The molecule has 200 valence electrons. The third-order valence-electron chi connectivity index (χ3n) is 7.58. The number of carbonyl (C=O) groups is 1. The van der Waals surface area contributed by atoms with Gasteiger partial charge < -0.3 is 19.1 Å². The summed E-state index contributed by atoms with van der Waals surface area (Å²) in [5, 5.41) is 0. The zero-order valence-corrected chi connectivity index (χ0v) is 23.3. The molecule has 1 aliphatic heterocycles. The fourth-order valence-corrected chi connectivity index (χ4v) is 5.77. The number of hydrogen-bond donors (Lipinski definition) is 0. The molecule has 0 unspecified atom stereocenters. The molecule has 1 amide bonds. The molecule has 1 aliphatic carbocycles. The van der Waals surface area contributed by atoms with Gasteiger partial charge in [-0.3, -0.25) is 4.90 Å². The van der Waals surface area contributed by atoms with Crippen molar-refractivity contribution in [2.75, 3.05) is 27.3 Å². The van der Waals surface area contributed by atoms with E-state index < -0.39 is 0 Å². The standard InChI is InChI=1S/C31H42N2O4/c1-21(2)33(22(3)4)31(34)37-30-26(17-25-18-28(35-5)29(36-6)19-27(25)30)16-23-12-14-32(15-13-23)20-24-10-8-7-9-11-24/h7-11,18-19,21-23H,12-17,20H2,1-6H3. The molecule has 2 aliphatic rings. The molecule has 1 fully saturated rings. The maximum atomic E-state index is 13.3. The fraction of sp³-hybridized carbons (Fsp3) is 0.516. The van der Waals surface area contributed by atoms with Gasteiger partial charge in [0.25, 0.3) is 0 Å². The van der Waals surface area contributed by atoms with Crippen LogP contribution in [0.4, 0.5) is 4.79 Å². The predicted molar refractivity (Wildman–Crippen MR) is 148 cm³/mol. The van der Waals surface area contributed by atoms with Crippen molar-refractivity contribution in [1.29, 1.82) is 0 Å². The Morgan fingerprint density at radius 1 is 0.973 bits per heavy atom. The van der Waals surface area contributed by atoms with Gasteiger partial charge in [0.15, 0.2) is 11.5 Å². The van der Waals surface area contributed by atoms with Gasteiger partial charge >= 0.3 is 6.09 Å². The molecule has 2 aromatic carbocycles. The Kier molecular flexibility index (Phi) is 8.80. The molecule has 6 heteroatoms. The Morgan fingerprint density at radius 2 is 1.59 bits per heavy atom. The predicted octanol–water partition coefficient (Wildman–Crippen LogP) is 6.53. The van der Waals surface area contributed by atoms with Gasteiger partial charge in [0.1, 0.15) is 5.76 Å². The van der Waals surface area contributed by atoms with Crippen LogP contribution in [0.2, 0.25) is 0 Å². The highest BCUT2D eigenvalue weighted by Crippen LogP contribution is 2.43. The van der Waals surface area contributed by atoms with Gasteiger partial charge in [-0.15, -0.1) is 0 Å². The van der Waals surface area contributed by atoms with E-state index in [0.29, 0.717) is 23.2 Å². The molecule has 0 bridgehead atoms. The number of amides is 1. The largest absolute Gasteiger partial charge is 0.493 e. The number of likely N-dealkylation sites (tertiary alicyclic amines) is 1. The van der Waals surface area contributed by atoms with Crippen LogP contribution in [0.5, 0.6) is 11.5 Å². The Labute approximate surface area is 222 Å². The average molecular weight is 507 g/mol. The van der Waals surface area contributed by atoms with Crippen molar-refractivity contribution in [2.45, 2.75) is 72.0 Å². The Balaban J connectivity index is 1.53. The number of ether oxygens (including phenoxy) is 3. The zero-order valence-electron chi connectivity index (χ0n) is 23.3. The maximum absolute atomic E-state index is 13.3. The minimum absolute atomic E-state index is 0.0526. The summed E-state index contributed by atoms with van der Waals surface area (Å²) in [5.41, 5.74) is 4.63. The Hall–Kier alpha value is -2.99. The van der Waals surface area contributed by atoms with Crippen LogP contribution in [-0.4, -0.2) is 55.3 Å². The summed E-state index contributed by atoms with van der Waals surface area (Å²) < 4.78 is 17.4. The smallest absolute Gasteiger partial charge is 0.415 e. The van der Waals surface area contributed by atoms with Crippen molar-refractivity contribution in [3.63, 3.8) is 0 Å². The quantitative estimate of drug-likeness (QED) is 0.387. The topological polar surface area (TPSA) is 51.2 Å². The molecular formula is C31H42N2O4. The first-order chi connectivity index (χ1) is 17.8. The third kappa shape index (κ3) is 6.30. The van der Waals surface area contributed by atoms with Crippen LogP contribution in [-0.2, 0) is 17.7 Å². The summed E-state index contributed by atoms with van der Waals surface area (Å²) in [6.45, 7) is 11.3. The van der Waals surface area contributed by atoms with Crippen LogP contribution in [0, 0.1) is 5.92 Å². The highest BCUT2D eigenvalue weighted by atomic mass is 16.6. The molecule has 0 saturated carbocycles. The van der Waals surface area contributed by atoms with Crippen LogP contribution in [0.1, 0.15) is 63.6 Å². The number of allylic oxidation sites excluding steroid dienone is 1. The summed E-state index contributed by atoms with van der Waals surface area (Å²) in [7, 11) is 3.29. The molecular weight excluding hydrogens is 464 g/mol. The van der Waals surface area contributed by atoms with Gasteiger partial charge in [-0.05, 0) is 101 Å². The number of hydrogen-bond acceptors (Lipinski definition) is 5. The van der Waals surface area contributed by atoms with E-state index in [4.69, 9.17) is 14.2 Å². The van der Waals surface area contributed by atoms with E-state index in [2.05, 4.69) is 35.2 Å². The minimum Gasteiger partial charge on any atom is -0.493 e. The molecule has 0 atom stereocenters. The first-order valence-corrected chi connectivity index (χ1v) is 13.5. The molecule has 4 rings (SSSR count). The molecule has 1 saturated heterocycles. The van der Waals surface area contributed by atoms with Crippen molar-refractivity contribution < 1.29 is 19.0 Å². The van der Waals surface area contributed by atoms with Gasteiger partial charge in [-0.2, -0.15) is 0 Å². The van der Waals surface area contributed by atoms with E-state index in [1.165, 1.54) is 11.1 Å². The lowest BCUT2D eigenvalue weighted by Crippen LogP contribution is -2.42. The van der Waals surface area contributed by atoms with Gasteiger partial charge in [-0.1, -0.05) is 30.3 Å². The SMILES string of the molecule is COc1cc2c(cc1OC)C(OC(=O)N(C(C)C)C(C)C)=C(CC1CCN(Cc3ccccc3)CC1)C2. The van der Waals surface area contributed by atoms with Crippen molar-refractivity contribution in [1.82, 2.24) is 9.80 Å². The molecule has 37 heavy (non-hydrogen) atoms. The van der Waals surface area contributed by atoms with Crippen molar-refractivity contribution in [2.24, 2.45) is 5.92 Å². The van der Waals surface area contributed by atoms with E-state index >= 15 is 0 Å². The molecule has 1 heterocycles. The minimum atomic E-state index is -0.294. The lowest BCUT2D eigenvalue weighted by Gasteiger charge is -2.32. The highest BCUT2D eigenvalue weighted by Gasteiger charge is 2.32. The first kappa shape index (κ1) is 27.1. The third-order valence-corrected chi connectivity index (χ3v) is 7.58. The molecule has 0 aromatic heterocycles. The second-order valence-electron chi connectivity index (χ2n) is 10.8. The second kappa shape index (κ2) is 12.0. The van der Waals surface area contributed by atoms with Crippen LogP contribution in [0.3, 0.4) is 0 Å². The average Bonchev–Trinajstić information content (AvgIpc) is 3.19. The summed E-state index contributed by atoms with van der Waals surface area (Å²) in [4.78, 5) is 17.7. The summed E-state index contributed by atoms with van der Waals surface area (Å²) >= 11 is 0. The van der Waals surface area contributed by atoms with E-state index in [1.54, 1.807) is 19.1 Å². The maximum Gasteiger partial charge on any atom is 0.415 e. The normalized spacial score (nSPS) is 16.3. The highest BCUT2D eigenvalue weighted by molar-refractivity contribution is 5.83. The molecule has 2 aromatic rings. The molecule has 6 nitrogen and oxygen atoms in total. The Bertz CT molecular complexity index is 1090. The van der Waals surface area contributed by atoms with Gasteiger partial charge in [-0.25, -0.2) is 4.79 Å².